The summed E-state index contributed by atoms with van der Waals surface area (Å²) in [5, 5.41) is -0.456. The molecule has 0 amide bonds. The fraction of sp³-hybridized carbons (Fsp3) is 1.00. The number of hydrogen-bond acceptors (Lipinski definition) is 4. The van der Waals surface area contributed by atoms with Crippen molar-refractivity contribution in [3.05, 3.63) is 0 Å². The lowest BCUT2D eigenvalue weighted by molar-refractivity contribution is -0.173. The molecule has 0 aromatic rings. The minimum absolute atomic E-state index is 0.456. The van der Waals surface area contributed by atoms with Crippen molar-refractivity contribution >= 4 is 10.1 Å². The van der Waals surface area contributed by atoms with E-state index < -0.39 is 15.4 Å². The number of rotatable bonds is 5. The van der Waals surface area contributed by atoms with Crippen LogP contribution >= 0.6 is 0 Å². The predicted octanol–water partition coefficient (Wildman–Crippen LogP) is 1.08. The maximum absolute atomic E-state index is 11.0. The lowest BCUT2D eigenvalue weighted by Crippen LogP contribution is -2.21. The summed E-state index contributed by atoms with van der Waals surface area (Å²) in [6.07, 6.45) is 1.09. The highest BCUT2D eigenvalue weighted by Crippen LogP contribution is 2.11. The molecule has 0 radical (unpaired) electrons. The van der Waals surface area contributed by atoms with Crippen molar-refractivity contribution in [2.75, 3.05) is 7.11 Å². The monoisotopic (exact) mass is 182 g/mol. The fourth-order valence-electron chi connectivity index (χ4n) is 0.847. The first-order chi connectivity index (χ1) is 5.08. The van der Waals surface area contributed by atoms with Crippen LogP contribution in [0.4, 0.5) is 0 Å². The lowest BCUT2D eigenvalue weighted by Gasteiger charge is -2.10. The van der Waals surface area contributed by atoms with Crippen LogP contribution in [0.1, 0.15) is 26.7 Å². The molecule has 0 fully saturated rings. The fourth-order valence-corrected chi connectivity index (χ4v) is 1.96. The molecule has 0 aliphatic rings. The molecule has 0 bridgehead atoms. The Labute approximate surface area is 67.6 Å². The van der Waals surface area contributed by atoms with Gasteiger partial charge < -0.3 is 0 Å². The second-order valence-electron chi connectivity index (χ2n) is 2.17. The summed E-state index contributed by atoms with van der Waals surface area (Å²) >= 11 is 0. The van der Waals surface area contributed by atoms with Gasteiger partial charge in [0.15, 0.2) is 0 Å². The second-order valence-corrected chi connectivity index (χ2v) is 3.95. The van der Waals surface area contributed by atoms with Gasteiger partial charge in [-0.1, -0.05) is 13.8 Å². The van der Waals surface area contributed by atoms with Gasteiger partial charge in [0, 0.05) is 0 Å². The summed E-state index contributed by atoms with van der Waals surface area (Å²) < 4.78 is 26.2. The highest BCUT2D eigenvalue weighted by Gasteiger charge is 2.23. The van der Waals surface area contributed by atoms with Gasteiger partial charge in [-0.15, -0.1) is 4.33 Å². The van der Waals surface area contributed by atoms with Crippen molar-refractivity contribution in [3.8, 4) is 0 Å². The van der Waals surface area contributed by atoms with Crippen LogP contribution in [0.15, 0.2) is 0 Å². The molecular formula is C6H14O4S. The van der Waals surface area contributed by atoms with Gasteiger partial charge in [0.05, 0.1) is 12.4 Å². The zero-order chi connectivity index (χ0) is 8.91. The topological polar surface area (TPSA) is 52.6 Å². The molecule has 0 aliphatic heterocycles. The molecule has 0 saturated heterocycles. The van der Waals surface area contributed by atoms with Crippen molar-refractivity contribution in [1.82, 2.24) is 0 Å². The molecule has 0 saturated carbocycles. The van der Waals surface area contributed by atoms with Crippen molar-refractivity contribution in [2.45, 2.75) is 31.9 Å². The van der Waals surface area contributed by atoms with E-state index in [-0.39, 0.29) is 0 Å². The van der Waals surface area contributed by atoms with Crippen molar-refractivity contribution in [1.29, 1.82) is 0 Å². The van der Waals surface area contributed by atoms with E-state index in [9.17, 15) is 8.42 Å². The molecule has 0 N–H and O–H groups in total. The van der Waals surface area contributed by atoms with Gasteiger partial charge in [-0.2, -0.15) is 8.42 Å². The summed E-state index contributed by atoms with van der Waals surface area (Å²) in [7, 11) is -2.31. The zero-order valence-corrected chi connectivity index (χ0v) is 7.85. The number of hydrogen-bond donors (Lipinski definition) is 0. The van der Waals surface area contributed by atoms with Crippen molar-refractivity contribution in [3.63, 3.8) is 0 Å². The SMILES string of the molecule is CCC(CC)S(=O)(=O)OOC. The van der Waals surface area contributed by atoms with E-state index in [0.717, 1.165) is 0 Å². The van der Waals surface area contributed by atoms with Crippen LogP contribution in [0.2, 0.25) is 0 Å². The third kappa shape index (κ3) is 3.18. The zero-order valence-electron chi connectivity index (χ0n) is 7.03. The average Bonchev–Trinajstić information content (AvgIpc) is 1.89. The predicted molar refractivity (Wildman–Crippen MR) is 41.4 cm³/mol. The third-order valence-corrected chi connectivity index (χ3v) is 3.29. The van der Waals surface area contributed by atoms with Gasteiger partial charge in [0.1, 0.15) is 0 Å². The van der Waals surface area contributed by atoms with E-state index >= 15 is 0 Å². The van der Waals surface area contributed by atoms with E-state index in [4.69, 9.17) is 0 Å². The summed E-state index contributed by atoms with van der Waals surface area (Å²) in [6, 6.07) is 0. The molecule has 0 spiro atoms. The highest BCUT2D eigenvalue weighted by atomic mass is 32.2. The smallest absolute Gasteiger partial charge is 0.223 e. The Hall–Kier alpha value is -0.130. The molecule has 0 unspecified atom stereocenters. The Kier molecular flexibility index (Phi) is 4.63. The Bertz CT molecular complexity index is 181. The van der Waals surface area contributed by atoms with Crippen molar-refractivity contribution < 1.29 is 17.6 Å². The van der Waals surface area contributed by atoms with E-state index in [1.165, 1.54) is 7.11 Å². The molecule has 0 aromatic heterocycles. The van der Waals surface area contributed by atoms with E-state index in [1.807, 2.05) is 0 Å². The molecular weight excluding hydrogens is 168 g/mol. The van der Waals surface area contributed by atoms with E-state index in [1.54, 1.807) is 13.8 Å². The van der Waals surface area contributed by atoms with Gasteiger partial charge in [0.25, 0.3) is 10.1 Å². The van der Waals surface area contributed by atoms with Crippen molar-refractivity contribution in [2.24, 2.45) is 0 Å². The second kappa shape index (κ2) is 4.69. The molecule has 4 nitrogen and oxygen atoms in total. The molecule has 68 valence electrons. The molecule has 0 aliphatic carbocycles. The molecule has 0 heterocycles. The van der Waals surface area contributed by atoms with Crippen LogP contribution in [0.3, 0.4) is 0 Å². The Morgan fingerprint density at radius 1 is 1.27 bits per heavy atom. The Morgan fingerprint density at radius 3 is 2.00 bits per heavy atom. The minimum Gasteiger partial charge on any atom is -0.223 e. The average molecular weight is 182 g/mol. The third-order valence-electron chi connectivity index (χ3n) is 1.48. The van der Waals surface area contributed by atoms with Gasteiger partial charge in [-0.05, 0) is 12.8 Å². The van der Waals surface area contributed by atoms with Gasteiger partial charge in [-0.3, -0.25) is 0 Å². The van der Waals surface area contributed by atoms with Crippen LogP contribution in [0.25, 0.3) is 0 Å². The molecule has 0 rings (SSSR count). The summed E-state index contributed by atoms with van der Waals surface area (Å²) in [5.74, 6) is 0. The van der Waals surface area contributed by atoms with Crippen LogP contribution in [0.5, 0.6) is 0 Å². The maximum atomic E-state index is 11.0. The highest BCUT2D eigenvalue weighted by molar-refractivity contribution is 7.87. The van der Waals surface area contributed by atoms with Gasteiger partial charge in [0.2, 0.25) is 0 Å². The Balaban J connectivity index is 4.26. The maximum Gasteiger partial charge on any atom is 0.296 e. The first-order valence-electron chi connectivity index (χ1n) is 3.54. The first kappa shape index (κ1) is 10.9. The normalized spacial score (nSPS) is 12.4. The van der Waals surface area contributed by atoms with E-state index in [2.05, 4.69) is 9.22 Å². The summed E-state index contributed by atoms with van der Waals surface area (Å²) in [6.45, 7) is 3.59. The molecule has 11 heavy (non-hydrogen) atoms. The quantitative estimate of drug-likeness (QED) is 0.471. The lowest BCUT2D eigenvalue weighted by atomic mass is 10.3. The van der Waals surface area contributed by atoms with Gasteiger partial charge in [-0.25, -0.2) is 4.89 Å². The summed E-state index contributed by atoms with van der Waals surface area (Å²) in [4.78, 5) is 4.10. The molecule has 0 atom stereocenters. The molecule has 5 heteroatoms. The largest absolute Gasteiger partial charge is 0.296 e. The standard InChI is InChI=1S/C6H14O4S/c1-4-6(5-2)11(7,8)10-9-3/h6H,4-5H2,1-3H3. The van der Waals surface area contributed by atoms with Crippen LogP contribution < -0.4 is 0 Å². The van der Waals surface area contributed by atoms with Gasteiger partial charge >= 0.3 is 0 Å². The first-order valence-corrected chi connectivity index (χ1v) is 5.01. The van der Waals surface area contributed by atoms with Crippen LogP contribution in [-0.2, 0) is 19.3 Å². The Morgan fingerprint density at radius 2 is 1.73 bits per heavy atom. The van der Waals surface area contributed by atoms with Crippen LogP contribution in [-0.4, -0.2) is 20.8 Å². The summed E-state index contributed by atoms with van der Waals surface area (Å²) in [5.41, 5.74) is 0. The molecule has 0 aromatic carbocycles. The van der Waals surface area contributed by atoms with Crippen LogP contribution in [0, 0.1) is 0 Å². The minimum atomic E-state index is -3.49. The van der Waals surface area contributed by atoms with E-state index in [0.29, 0.717) is 12.8 Å².